The molecular weight excluding hydrogens is 879 g/mol. The van der Waals surface area contributed by atoms with E-state index in [0.717, 1.165) is 51.4 Å². The number of nitrogens with one attached hydrogen (secondary N) is 1. The van der Waals surface area contributed by atoms with Gasteiger partial charge in [0.1, 0.15) is 73.2 Å². The van der Waals surface area contributed by atoms with E-state index in [1.165, 1.54) is 83.5 Å². The Hall–Kier alpha value is -1.21. The Bertz CT molecular complexity index is 1250. The van der Waals surface area contributed by atoms with E-state index in [4.69, 9.17) is 28.4 Å². The Morgan fingerprint density at radius 3 is 1.30 bits per heavy atom. The van der Waals surface area contributed by atoms with Gasteiger partial charge in [0, 0.05) is 6.42 Å². The van der Waals surface area contributed by atoms with Crippen molar-refractivity contribution in [3.8, 4) is 0 Å². The number of amides is 1. The zero-order valence-electron chi connectivity index (χ0n) is 40.4. The zero-order chi connectivity index (χ0) is 49.1. The average Bonchev–Trinajstić information content (AvgIpc) is 3.32. The lowest BCUT2D eigenvalue weighted by atomic mass is 9.96. The number of unbranched alkanes of at least 4 members (excludes halogenated alkanes) is 20. The van der Waals surface area contributed by atoms with Crippen molar-refractivity contribution < 1.29 is 89.4 Å². The number of carbonyl (C=O) groups excluding carboxylic acids is 1. The van der Waals surface area contributed by atoms with E-state index in [1.807, 2.05) is 0 Å². The van der Waals surface area contributed by atoms with Crippen molar-refractivity contribution >= 4 is 5.91 Å². The Kier molecular flexibility index (Phi) is 30.7. The molecular formula is C48H91NO18. The summed E-state index contributed by atoms with van der Waals surface area (Å²) in [4.78, 5) is 13.1. The third-order valence-corrected chi connectivity index (χ3v) is 13.4. The molecule has 17 unspecified atom stereocenters. The van der Waals surface area contributed by atoms with Crippen LogP contribution < -0.4 is 5.32 Å². The van der Waals surface area contributed by atoms with E-state index < -0.39 is 124 Å². The molecule has 396 valence electrons. The van der Waals surface area contributed by atoms with Crippen LogP contribution in [0.3, 0.4) is 0 Å². The Morgan fingerprint density at radius 1 is 0.478 bits per heavy atom. The molecule has 0 aromatic carbocycles. The molecule has 0 radical (unpaired) electrons. The van der Waals surface area contributed by atoms with Gasteiger partial charge in [0.05, 0.1) is 38.6 Å². The normalized spacial score (nSPS) is 33.4. The maximum atomic E-state index is 13.1. The van der Waals surface area contributed by atoms with Gasteiger partial charge < -0.3 is 89.9 Å². The van der Waals surface area contributed by atoms with Crippen LogP contribution in [0.1, 0.15) is 168 Å². The van der Waals surface area contributed by atoms with Gasteiger partial charge in [-0.3, -0.25) is 4.79 Å². The Labute approximate surface area is 398 Å². The summed E-state index contributed by atoms with van der Waals surface area (Å²) < 4.78 is 34.0. The number of hydrogen-bond acceptors (Lipinski definition) is 18. The second-order valence-electron chi connectivity index (χ2n) is 19.0. The quantitative estimate of drug-likeness (QED) is 0.0398. The molecule has 0 aromatic heterocycles. The van der Waals surface area contributed by atoms with Crippen molar-refractivity contribution in [3.05, 3.63) is 0 Å². The second-order valence-corrected chi connectivity index (χ2v) is 19.0. The minimum absolute atomic E-state index is 0.248. The molecule has 3 saturated heterocycles. The molecule has 0 spiro atoms. The maximum absolute atomic E-state index is 13.1. The number of hydrogen-bond donors (Lipinski definition) is 12. The highest BCUT2D eigenvalue weighted by Crippen LogP contribution is 2.33. The van der Waals surface area contributed by atoms with Crippen LogP contribution in [-0.2, 0) is 33.2 Å². The van der Waals surface area contributed by atoms with Gasteiger partial charge in [0.15, 0.2) is 18.9 Å². The van der Waals surface area contributed by atoms with Gasteiger partial charge in [-0.2, -0.15) is 0 Å². The van der Waals surface area contributed by atoms with Gasteiger partial charge in [-0.25, -0.2) is 0 Å². The van der Waals surface area contributed by atoms with E-state index in [-0.39, 0.29) is 18.9 Å². The molecule has 67 heavy (non-hydrogen) atoms. The lowest BCUT2D eigenvalue weighted by Gasteiger charge is -2.48. The summed E-state index contributed by atoms with van der Waals surface area (Å²) in [6, 6.07) is -0.875. The van der Waals surface area contributed by atoms with Crippen LogP contribution in [0.25, 0.3) is 0 Å². The molecule has 3 rings (SSSR count). The average molecular weight is 970 g/mol. The molecule has 17 atom stereocenters. The van der Waals surface area contributed by atoms with Crippen LogP contribution in [0.4, 0.5) is 0 Å². The molecule has 3 aliphatic rings. The molecule has 0 aromatic rings. The molecule has 1 amide bonds. The maximum Gasteiger partial charge on any atom is 0.220 e. The zero-order valence-corrected chi connectivity index (χ0v) is 40.4. The monoisotopic (exact) mass is 970 g/mol. The first-order chi connectivity index (χ1) is 32.3. The predicted octanol–water partition coefficient (Wildman–Crippen LogP) is 1.70. The van der Waals surface area contributed by atoms with Gasteiger partial charge in [-0.1, -0.05) is 149 Å². The van der Waals surface area contributed by atoms with E-state index >= 15 is 0 Å². The molecule has 12 N–H and O–H groups in total. The molecule has 19 heteroatoms. The molecule has 0 saturated carbocycles. The first kappa shape index (κ1) is 60.1. The molecule has 0 bridgehead atoms. The third-order valence-electron chi connectivity index (χ3n) is 13.4. The smallest absolute Gasteiger partial charge is 0.220 e. The highest BCUT2D eigenvalue weighted by Gasteiger charge is 2.53. The van der Waals surface area contributed by atoms with Crippen molar-refractivity contribution in [2.24, 2.45) is 0 Å². The van der Waals surface area contributed by atoms with Gasteiger partial charge in [0.2, 0.25) is 5.91 Å². The van der Waals surface area contributed by atoms with Gasteiger partial charge in [-0.15, -0.1) is 0 Å². The highest BCUT2D eigenvalue weighted by molar-refractivity contribution is 5.76. The van der Waals surface area contributed by atoms with E-state index in [0.29, 0.717) is 12.8 Å². The summed E-state index contributed by atoms with van der Waals surface area (Å²) in [5, 5.41) is 119. The Balaban J connectivity index is 1.48. The SMILES string of the molecule is CCCCCCCCCCCCCCCCCCCC(=O)NC(COC1OC(CO)C(OC2OC(CO)C(OC3OC(CO)C(O)C(O)C3O)C(O)C2O)C(O)C1O)C(O)CCCCCCC. The minimum Gasteiger partial charge on any atom is -0.394 e. The first-order valence-electron chi connectivity index (χ1n) is 25.8. The number of aliphatic hydroxyl groups excluding tert-OH is 11. The summed E-state index contributed by atoms with van der Waals surface area (Å²) in [5.41, 5.74) is 0. The summed E-state index contributed by atoms with van der Waals surface area (Å²) >= 11 is 0. The van der Waals surface area contributed by atoms with Crippen molar-refractivity contribution in [1.29, 1.82) is 0 Å². The van der Waals surface area contributed by atoms with Crippen molar-refractivity contribution in [2.75, 3.05) is 26.4 Å². The van der Waals surface area contributed by atoms with E-state index in [1.54, 1.807) is 0 Å². The lowest BCUT2D eigenvalue weighted by Crippen LogP contribution is -2.66. The fourth-order valence-corrected chi connectivity index (χ4v) is 9.08. The summed E-state index contributed by atoms with van der Waals surface area (Å²) in [6.45, 7) is 1.67. The molecule has 3 fully saturated rings. The molecule has 3 heterocycles. The van der Waals surface area contributed by atoms with Crippen LogP contribution in [-0.4, -0.2) is 193 Å². The number of rotatable bonds is 36. The van der Waals surface area contributed by atoms with E-state index in [2.05, 4.69) is 19.2 Å². The van der Waals surface area contributed by atoms with E-state index in [9.17, 15) is 61.0 Å². The van der Waals surface area contributed by atoms with Gasteiger partial charge in [-0.05, 0) is 12.8 Å². The standard InChI is InChI=1S/C48H91NO18/c1-3-5-7-9-10-11-12-13-14-15-16-17-18-19-20-22-24-26-36(54)49-31(32(53)25-23-21-8-6-4-2)30-62-46-42(60)39(57)44(34(28-51)64-46)67-48-43(61)40(58)45(35(29-52)65-48)66-47-41(59)38(56)37(55)33(27-50)63-47/h31-35,37-48,50-53,55-61H,3-30H2,1-2H3,(H,49,54). The second kappa shape index (κ2) is 34.2. The summed E-state index contributed by atoms with van der Waals surface area (Å²) in [7, 11) is 0. The molecule has 19 nitrogen and oxygen atoms in total. The number of aliphatic hydroxyl groups is 11. The van der Waals surface area contributed by atoms with Gasteiger partial charge >= 0.3 is 0 Å². The molecule has 0 aliphatic carbocycles. The highest BCUT2D eigenvalue weighted by atomic mass is 16.8. The summed E-state index contributed by atoms with van der Waals surface area (Å²) in [5.74, 6) is -0.248. The minimum atomic E-state index is -1.97. The van der Waals surface area contributed by atoms with Crippen LogP contribution >= 0.6 is 0 Å². The van der Waals surface area contributed by atoms with Crippen LogP contribution in [0.5, 0.6) is 0 Å². The largest absolute Gasteiger partial charge is 0.394 e. The third kappa shape index (κ3) is 20.4. The predicted molar refractivity (Wildman–Crippen MR) is 245 cm³/mol. The first-order valence-corrected chi connectivity index (χ1v) is 25.8. The van der Waals surface area contributed by atoms with Crippen molar-refractivity contribution in [1.82, 2.24) is 5.32 Å². The topological polar surface area (TPSA) is 307 Å². The summed E-state index contributed by atoms with van der Waals surface area (Å²) in [6.07, 6.45) is -0.0729. The Morgan fingerprint density at radius 2 is 0.851 bits per heavy atom. The number of ether oxygens (including phenoxy) is 6. The van der Waals surface area contributed by atoms with Crippen molar-refractivity contribution in [2.45, 2.75) is 272 Å². The van der Waals surface area contributed by atoms with Crippen LogP contribution in [0, 0.1) is 0 Å². The fraction of sp³-hybridized carbons (Fsp3) is 0.979. The number of carbonyl (C=O) groups is 1. The fourth-order valence-electron chi connectivity index (χ4n) is 9.08. The van der Waals surface area contributed by atoms with Gasteiger partial charge in [0.25, 0.3) is 0 Å². The van der Waals surface area contributed by atoms with Crippen molar-refractivity contribution in [3.63, 3.8) is 0 Å². The lowest BCUT2D eigenvalue weighted by molar-refractivity contribution is -0.379. The van der Waals surface area contributed by atoms with Crippen LogP contribution in [0.15, 0.2) is 0 Å². The molecule has 3 aliphatic heterocycles. The van der Waals surface area contributed by atoms with Crippen LogP contribution in [0.2, 0.25) is 0 Å².